The maximum Gasteiger partial charge on any atom is 0.0970 e. The van der Waals surface area contributed by atoms with Crippen LogP contribution in [-0.2, 0) is 6.54 Å². The molecule has 0 saturated heterocycles. The molecular weight excluding hydrogens is 332 g/mol. The Balaban J connectivity index is 1.64. The molecule has 0 spiro atoms. The monoisotopic (exact) mass is 354 g/mol. The predicted octanol–water partition coefficient (Wildman–Crippen LogP) is 4.97. The van der Waals surface area contributed by atoms with Crippen LogP contribution in [0.25, 0.3) is 21.5 Å². The number of fused-ring (bicyclic) bond motifs is 3. The molecule has 0 saturated carbocycles. The lowest BCUT2D eigenvalue weighted by atomic mass is 9.93. The van der Waals surface area contributed by atoms with Crippen molar-refractivity contribution in [3.8, 4) is 0 Å². The van der Waals surface area contributed by atoms with Gasteiger partial charge in [0.1, 0.15) is 0 Å². The van der Waals surface area contributed by atoms with Gasteiger partial charge in [-0.2, -0.15) is 0 Å². The van der Waals surface area contributed by atoms with Gasteiger partial charge in [-0.1, -0.05) is 78.9 Å². The van der Waals surface area contributed by atoms with Crippen LogP contribution in [0.4, 0.5) is 0 Å². The number of benzene rings is 4. The summed E-state index contributed by atoms with van der Waals surface area (Å²) >= 11 is 0. The number of hydrogen-bond donors (Lipinski definition) is 2. The Morgan fingerprint density at radius 3 is 2.22 bits per heavy atom. The second-order valence-corrected chi connectivity index (χ2v) is 6.75. The first-order chi connectivity index (χ1) is 13.2. The number of aliphatic hydroxyl groups is 1. The summed E-state index contributed by atoms with van der Waals surface area (Å²) in [5.74, 6) is 0.462. The maximum absolute atomic E-state index is 10.9. The van der Waals surface area contributed by atoms with Crippen molar-refractivity contribution >= 4 is 27.4 Å². The molecule has 0 heterocycles. The molecule has 134 valence electrons. The third-order valence-corrected chi connectivity index (χ3v) is 4.87. The Morgan fingerprint density at radius 1 is 0.815 bits per heavy atom. The first kappa shape index (κ1) is 17.3. The van der Waals surface area contributed by atoms with E-state index in [2.05, 4.69) is 35.3 Å². The number of amidine groups is 1. The number of aliphatic imine (C=N–C) groups is 1. The Bertz CT molecular complexity index is 1100. The van der Waals surface area contributed by atoms with Crippen molar-refractivity contribution in [2.75, 3.05) is 0 Å². The Labute approximate surface area is 158 Å². The second-order valence-electron chi connectivity index (χ2n) is 6.75. The average molecular weight is 354 g/mol. The SMILES string of the molecule is NC(CC(O)c1cc2ccccc2c2ccccc12)=NCc1ccccc1. The van der Waals surface area contributed by atoms with Crippen molar-refractivity contribution < 1.29 is 5.11 Å². The molecule has 0 aliphatic rings. The summed E-state index contributed by atoms with van der Waals surface area (Å²) in [6.45, 7) is 0.526. The zero-order valence-electron chi connectivity index (χ0n) is 15.0. The molecule has 4 aromatic rings. The molecule has 27 heavy (non-hydrogen) atoms. The zero-order valence-corrected chi connectivity index (χ0v) is 15.0. The lowest BCUT2D eigenvalue weighted by molar-refractivity contribution is 0.187. The minimum absolute atomic E-state index is 0.315. The zero-order chi connectivity index (χ0) is 18.6. The summed E-state index contributed by atoms with van der Waals surface area (Å²) in [5.41, 5.74) is 8.10. The molecule has 0 aromatic heterocycles. The topological polar surface area (TPSA) is 58.6 Å². The summed E-state index contributed by atoms with van der Waals surface area (Å²) < 4.78 is 0. The van der Waals surface area contributed by atoms with E-state index in [-0.39, 0.29) is 0 Å². The second kappa shape index (κ2) is 7.60. The number of hydrogen-bond acceptors (Lipinski definition) is 2. The molecule has 1 atom stereocenters. The van der Waals surface area contributed by atoms with Gasteiger partial charge in [-0.25, -0.2) is 0 Å². The summed E-state index contributed by atoms with van der Waals surface area (Å²) in [5, 5.41) is 15.4. The van der Waals surface area contributed by atoms with Gasteiger partial charge in [0, 0.05) is 6.42 Å². The number of rotatable bonds is 5. The van der Waals surface area contributed by atoms with Crippen molar-refractivity contribution in [1.82, 2.24) is 0 Å². The van der Waals surface area contributed by atoms with Crippen molar-refractivity contribution in [3.63, 3.8) is 0 Å². The Morgan fingerprint density at radius 2 is 1.44 bits per heavy atom. The quantitative estimate of drug-likeness (QED) is 0.302. The van der Waals surface area contributed by atoms with Crippen LogP contribution in [0.15, 0.2) is 89.9 Å². The molecule has 1 unspecified atom stereocenters. The van der Waals surface area contributed by atoms with Gasteiger partial charge in [-0.3, -0.25) is 4.99 Å². The maximum atomic E-state index is 10.9. The molecule has 3 heteroatoms. The van der Waals surface area contributed by atoms with Crippen molar-refractivity contribution in [2.24, 2.45) is 10.7 Å². The van der Waals surface area contributed by atoms with Crippen LogP contribution in [0.3, 0.4) is 0 Å². The van der Waals surface area contributed by atoms with Gasteiger partial charge >= 0.3 is 0 Å². The smallest absolute Gasteiger partial charge is 0.0970 e. The number of aliphatic hydroxyl groups excluding tert-OH is 1. The van der Waals surface area contributed by atoms with E-state index in [9.17, 15) is 5.11 Å². The highest BCUT2D eigenvalue weighted by Crippen LogP contribution is 2.33. The van der Waals surface area contributed by atoms with Crippen molar-refractivity contribution in [3.05, 3.63) is 96.1 Å². The van der Waals surface area contributed by atoms with Crippen LogP contribution < -0.4 is 5.73 Å². The van der Waals surface area contributed by atoms with Gasteiger partial charge < -0.3 is 10.8 Å². The van der Waals surface area contributed by atoms with Crippen LogP contribution in [0.2, 0.25) is 0 Å². The van der Waals surface area contributed by atoms with Gasteiger partial charge in [0.05, 0.1) is 18.5 Å². The normalized spacial score (nSPS) is 13.1. The van der Waals surface area contributed by atoms with E-state index in [1.807, 2.05) is 54.6 Å². The predicted molar refractivity (Wildman–Crippen MR) is 113 cm³/mol. The van der Waals surface area contributed by atoms with Crippen LogP contribution in [0.5, 0.6) is 0 Å². The molecule has 0 amide bonds. The summed E-state index contributed by atoms with van der Waals surface area (Å²) in [7, 11) is 0. The molecule has 0 radical (unpaired) electrons. The largest absolute Gasteiger partial charge is 0.388 e. The lowest BCUT2D eigenvalue weighted by Crippen LogP contribution is -2.16. The Hall–Kier alpha value is -3.17. The van der Waals surface area contributed by atoms with Crippen molar-refractivity contribution in [1.29, 1.82) is 0 Å². The van der Waals surface area contributed by atoms with Gasteiger partial charge in [0.2, 0.25) is 0 Å². The van der Waals surface area contributed by atoms with Crippen LogP contribution in [0, 0.1) is 0 Å². The fraction of sp³-hybridized carbons (Fsp3) is 0.125. The highest BCUT2D eigenvalue weighted by Gasteiger charge is 2.15. The fourth-order valence-corrected chi connectivity index (χ4v) is 3.51. The lowest BCUT2D eigenvalue weighted by Gasteiger charge is -2.16. The van der Waals surface area contributed by atoms with Crippen LogP contribution >= 0.6 is 0 Å². The molecule has 4 aromatic carbocycles. The summed E-state index contributed by atoms with van der Waals surface area (Å²) in [6, 6.07) is 28.5. The van der Waals surface area contributed by atoms with E-state index in [1.54, 1.807) is 0 Å². The average Bonchev–Trinajstić information content (AvgIpc) is 2.72. The third-order valence-electron chi connectivity index (χ3n) is 4.87. The first-order valence-corrected chi connectivity index (χ1v) is 9.13. The summed E-state index contributed by atoms with van der Waals surface area (Å²) in [4.78, 5) is 4.44. The van der Waals surface area contributed by atoms with E-state index in [0.29, 0.717) is 18.8 Å². The standard InChI is InChI=1S/C24H22N2O/c25-24(26-16-17-8-2-1-3-9-17)15-23(27)22-14-18-10-4-5-11-19(18)20-12-6-7-13-21(20)22/h1-14,23,27H,15-16H2,(H2,25,26). The molecule has 0 aliphatic heterocycles. The van der Waals surface area contributed by atoms with E-state index < -0.39 is 6.10 Å². The van der Waals surface area contributed by atoms with Gasteiger partial charge in [-0.15, -0.1) is 0 Å². The third kappa shape index (κ3) is 3.69. The minimum Gasteiger partial charge on any atom is -0.388 e. The van der Waals surface area contributed by atoms with E-state index in [0.717, 1.165) is 27.3 Å². The van der Waals surface area contributed by atoms with E-state index in [4.69, 9.17) is 5.73 Å². The molecular formula is C24H22N2O. The fourth-order valence-electron chi connectivity index (χ4n) is 3.51. The number of nitrogens with zero attached hydrogens (tertiary/aromatic N) is 1. The first-order valence-electron chi connectivity index (χ1n) is 9.13. The number of nitrogens with two attached hydrogens (primary N) is 1. The molecule has 0 aliphatic carbocycles. The van der Waals surface area contributed by atoms with Crippen LogP contribution in [0.1, 0.15) is 23.7 Å². The molecule has 3 N–H and O–H groups in total. The van der Waals surface area contributed by atoms with E-state index >= 15 is 0 Å². The van der Waals surface area contributed by atoms with Gasteiger partial charge in [0.15, 0.2) is 0 Å². The highest BCUT2D eigenvalue weighted by atomic mass is 16.3. The highest BCUT2D eigenvalue weighted by molar-refractivity contribution is 6.09. The molecule has 4 rings (SSSR count). The van der Waals surface area contributed by atoms with Crippen molar-refractivity contribution in [2.45, 2.75) is 19.1 Å². The summed E-state index contributed by atoms with van der Waals surface area (Å²) in [6.07, 6.45) is -0.381. The van der Waals surface area contributed by atoms with Crippen LogP contribution in [-0.4, -0.2) is 10.9 Å². The van der Waals surface area contributed by atoms with Gasteiger partial charge in [-0.05, 0) is 38.7 Å². The molecule has 0 fully saturated rings. The molecule has 0 bridgehead atoms. The minimum atomic E-state index is -0.695. The van der Waals surface area contributed by atoms with E-state index in [1.165, 1.54) is 5.39 Å². The van der Waals surface area contributed by atoms with Gasteiger partial charge in [0.25, 0.3) is 0 Å². The molecule has 3 nitrogen and oxygen atoms in total. The Kier molecular flexibility index (Phi) is 4.86.